The predicted molar refractivity (Wildman–Crippen MR) is 98.0 cm³/mol. The topological polar surface area (TPSA) is 106 Å². The Bertz CT molecular complexity index is 874. The SMILES string of the molecule is CCc1csc(CNC(=O)c2ccc(N[C@@H](C)c3nc(C)no3)nc2)n1. The molecular formula is C17H20N6O2S. The van der Waals surface area contributed by atoms with Crippen LogP contribution in [-0.2, 0) is 13.0 Å². The Kier molecular flexibility index (Phi) is 5.57. The van der Waals surface area contributed by atoms with Gasteiger partial charge < -0.3 is 15.2 Å². The molecule has 0 saturated heterocycles. The second-order valence-electron chi connectivity index (χ2n) is 5.75. The average Bonchev–Trinajstić information content (AvgIpc) is 3.29. The molecule has 0 spiro atoms. The quantitative estimate of drug-likeness (QED) is 0.657. The van der Waals surface area contributed by atoms with E-state index in [2.05, 4.69) is 37.7 Å². The van der Waals surface area contributed by atoms with Crippen molar-refractivity contribution in [3.63, 3.8) is 0 Å². The monoisotopic (exact) mass is 372 g/mol. The molecule has 136 valence electrons. The molecule has 9 heteroatoms. The molecular weight excluding hydrogens is 352 g/mol. The van der Waals surface area contributed by atoms with Crippen molar-refractivity contribution in [1.82, 2.24) is 25.4 Å². The highest BCUT2D eigenvalue weighted by Gasteiger charge is 2.14. The highest BCUT2D eigenvalue weighted by molar-refractivity contribution is 7.09. The number of pyridine rings is 1. The molecule has 0 radical (unpaired) electrons. The molecule has 26 heavy (non-hydrogen) atoms. The molecule has 3 aromatic heterocycles. The second-order valence-corrected chi connectivity index (χ2v) is 6.69. The minimum Gasteiger partial charge on any atom is -0.359 e. The van der Waals surface area contributed by atoms with Gasteiger partial charge in [-0.15, -0.1) is 11.3 Å². The van der Waals surface area contributed by atoms with Crippen LogP contribution in [0.2, 0.25) is 0 Å². The summed E-state index contributed by atoms with van der Waals surface area (Å²) in [6.45, 7) is 6.13. The first-order valence-electron chi connectivity index (χ1n) is 8.29. The van der Waals surface area contributed by atoms with Gasteiger partial charge >= 0.3 is 0 Å². The Balaban J connectivity index is 1.55. The van der Waals surface area contributed by atoms with Gasteiger partial charge in [-0.2, -0.15) is 4.98 Å². The van der Waals surface area contributed by atoms with Crippen molar-refractivity contribution >= 4 is 23.1 Å². The number of amides is 1. The van der Waals surface area contributed by atoms with Gasteiger partial charge in [0.25, 0.3) is 5.91 Å². The highest BCUT2D eigenvalue weighted by Crippen LogP contribution is 2.16. The molecule has 0 saturated carbocycles. The Morgan fingerprint density at radius 2 is 2.19 bits per heavy atom. The minimum atomic E-state index is -0.183. The van der Waals surface area contributed by atoms with E-state index in [-0.39, 0.29) is 11.9 Å². The summed E-state index contributed by atoms with van der Waals surface area (Å²) in [7, 11) is 0. The van der Waals surface area contributed by atoms with Crippen molar-refractivity contribution in [1.29, 1.82) is 0 Å². The van der Waals surface area contributed by atoms with Gasteiger partial charge in [0.15, 0.2) is 5.82 Å². The zero-order valence-corrected chi connectivity index (χ0v) is 15.6. The summed E-state index contributed by atoms with van der Waals surface area (Å²) >= 11 is 1.55. The van der Waals surface area contributed by atoms with Crippen LogP contribution in [0, 0.1) is 6.92 Å². The molecule has 3 rings (SSSR count). The van der Waals surface area contributed by atoms with Crippen LogP contribution in [0.15, 0.2) is 28.2 Å². The molecule has 0 aliphatic heterocycles. The van der Waals surface area contributed by atoms with E-state index >= 15 is 0 Å². The normalized spacial score (nSPS) is 12.0. The minimum absolute atomic E-state index is 0.180. The largest absolute Gasteiger partial charge is 0.359 e. The molecule has 2 N–H and O–H groups in total. The number of carbonyl (C=O) groups is 1. The number of aryl methyl sites for hydroxylation is 2. The number of hydrogen-bond donors (Lipinski definition) is 2. The third-order valence-electron chi connectivity index (χ3n) is 3.67. The zero-order valence-electron chi connectivity index (χ0n) is 14.8. The number of nitrogens with one attached hydrogen (secondary N) is 2. The van der Waals surface area contributed by atoms with Crippen molar-refractivity contribution in [2.75, 3.05) is 5.32 Å². The van der Waals surface area contributed by atoms with Crippen LogP contribution in [0.1, 0.15) is 52.7 Å². The number of thiazole rings is 1. The number of aromatic nitrogens is 4. The lowest BCUT2D eigenvalue weighted by Crippen LogP contribution is -2.23. The van der Waals surface area contributed by atoms with Crippen LogP contribution in [0.3, 0.4) is 0 Å². The molecule has 8 nitrogen and oxygen atoms in total. The van der Waals surface area contributed by atoms with E-state index in [1.165, 1.54) is 6.20 Å². The van der Waals surface area contributed by atoms with Gasteiger partial charge in [0.1, 0.15) is 16.9 Å². The zero-order chi connectivity index (χ0) is 18.5. The van der Waals surface area contributed by atoms with Gasteiger partial charge in [0.2, 0.25) is 5.89 Å². The number of carbonyl (C=O) groups excluding carboxylic acids is 1. The summed E-state index contributed by atoms with van der Waals surface area (Å²) in [6.07, 6.45) is 2.42. The van der Waals surface area contributed by atoms with E-state index in [1.807, 2.05) is 12.3 Å². The summed E-state index contributed by atoms with van der Waals surface area (Å²) in [4.78, 5) is 25.1. The Morgan fingerprint density at radius 1 is 1.35 bits per heavy atom. The number of rotatable bonds is 7. The van der Waals surface area contributed by atoms with Gasteiger partial charge in [0, 0.05) is 11.6 Å². The number of anilines is 1. The van der Waals surface area contributed by atoms with Gasteiger partial charge in [0.05, 0.1) is 17.8 Å². The molecule has 3 heterocycles. The first kappa shape index (κ1) is 18.0. The summed E-state index contributed by atoms with van der Waals surface area (Å²) in [6, 6.07) is 3.28. The molecule has 3 aromatic rings. The van der Waals surface area contributed by atoms with Gasteiger partial charge in [-0.1, -0.05) is 12.1 Å². The molecule has 1 amide bonds. The van der Waals surface area contributed by atoms with E-state index in [4.69, 9.17) is 4.52 Å². The van der Waals surface area contributed by atoms with E-state index in [9.17, 15) is 4.79 Å². The molecule has 0 bridgehead atoms. The van der Waals surface area contributed by atoms with Crippen molar-refractivity contribution in [2.24, 2.45) is 0 Å². The summed E-state index contributed by atoms with van der Waals surface area (Å²) < 4.78 is 5.12. The fraction of sp³-hybridized carbons (Fsp3) is 0.353. The van der Waals surface area contributed by atoms with Crippen LogP contribution < -0.4 is 10.6 Å². The average molecular weight is 372 g/mol. The highest BCUT2D eigenvalue weighted by atomic mass is 32.1. The first-order valence-corrected chi connectivity index (χ1v) is 9.17. The van der Waals surface area contributed by atoms with E-state index in [0.29, 0.717) is 29.6 Å². The van der Waals surface area contributed by atoms with E-state index in [0.717, 1.165) is 17.1 Å². The van der Waals surface area contributed by atoms with Crippen LogP contribution in [0.4, 0.5) is 5.82 Å². The van der Waals surface area contributed by atoms with Gasteiger partial charge in [-0.05, 0) is 32.4 Å². The van der Waals surface area contributed by atoms with Crippen molar-refractivity contribution in [3.05, 3.63) is 51.7 Å². The molecule has 0 aliphatic rings. The van der Waals surface area contributed by atoms with E-state index in [1.54, 1.807) is 30.4 Å². The maximum absolute atomic E-state index is 12.2. The molecule has 0 aliphatic carbocycles. The fourth-order valence-corrected chi connectivity index (χ4v) is 3.05. The number of hydrogen-bond acceptors (Lipinski definition) is 8. The Labute approximate surface area is 155 Å². The lowest BCUT2D eigenvalue weighted by molar-refractivity contribution is 0.0950. The molecule has 0 fully saturated rings. The summed E-state index contributed by atoms with van der Waals surface area (Å²) in [5.41, 5.74) is 1.53. The first-order chi connectivity index (χ1) is 12.5. The number of nitrogens with zero attached hydrogens (tertiary/aromatic N) is 4. The third-order valence-corrected chi connectivity index (χ3v) is 4.56. The molecule has 0 aromatic carbocycles. The maximum atomic E-state index is 12.2. The predicted octanol–water partition coefficient (Wildman–Crippen LogP) is 2.90. The Hall–Kier alpha value is -2.81. The van der Waals surface area contributed by atoms with Crippen molar-refractivity contribution in [3.8, 4) is 0 Å². The third kappa shape index (κ3) is 4.42. The van der Waals surface area contributed by atoms with Crippen LogP contribution in [0.5, 0.6) is 0 Å². The van der Waals surface area contributed by atoms with Crippen molar-refractivity contribution in [2.45, 2.75) is 39.8 Å². The van der Waals surface area contributed by atoms with Crippen LogP contribution >= 0.6 is 11.3 Å². The van der Waals surface area contributed by atoms with Gasteiger partial charge in [-0.3, -0.25) is 4.79 Å². The summed E-state index contributed by atoms with van der Waals surface area (Å²) in [5.74, 6) is 1.51. The Morgan fingerprint density at radius 3 is 2.81 bits per heavy atom. The smallest absolute Gasteiger partial charge is 0.253 e. The van der Waals surface area contributed by atoms with Crippen LogP contribution in [0.25, 0.3) is 0 Å². The lowest BCUT2D eigenvalue weighted by Gasteiger charge is -2.10. The fourth-order valence-electron chi connectivity index (χ4n) is 2.24. The standard InChI is InChI=1S/C17H20N6O2S/c1-4-13-9-26-15(22-13)8-19-16(24)12-5-6-14(18-7-12)20-10(2)17-21-11(3)23-25-17/h5-7,9-10H,4,8H2,1-3H3,(H,18,20)(H,19,24)/t10-/m0/s1. The van der Waals surface area contributed by atoms with Crippen molar-refractivity contribution < 1.29 is 9.32 Å². The summed E-state index contributed by atoms with van der Waals surface area (Å²) in [5, 5.41) is 12.7. The van der Waals surface area contributed by atoms with Gasteiger partial charge in [-0.25, -0.2) is 9.97 Å². The van der Waals surface area contributed by atoms with Crippen LogP contribution in [-0.4, -0.2) is 26.0 Å². The lowest BCUT2D eigenvalue weighted by atomic mass is 10.2. The molecule has 1 atom stereocenters. The maximum Gasteiger partial charge on any atom is 0.253 e. The molecule has 0 unspecified atom stereocenters. The second kappa shape index (κ2) is 8.05. The van der Waals surface area contributed by atoms with E-state index < -0.39 is 0 Å².